The molecule has 0 spiro atoms. The lowest BCUT2D eigenvalue weighted by atomic mass is 9.86. The molecule has 0 radical (unpaired) electrons. The fourth-order valence-corrected chi connectivity index (χ4v) is 1.64. The molecule has 1 atom stereocenters. The number of rotatable bonds is 4. The van der Waals surface area contributed by atoms with Crippen LogP contribution in [0.5, 0.6) is 5.75 Å². The number of nitrogens with two attached hydrogens (primary N) is 1. The highest BCUT2D eigenvalue weighted by Crippen LogP contribution is 2.27. The molecule has 2 nitrogen and oxygen atoms in total. The number of aryl methyl sites for hydroxylation is 1. The topological polar surface area (TPSA) is 35.2 Å². The largest absolute Gasteiger partial charge is 0.493 e. The number of thiocarbonyl (C=S) groups is 1. The van der Waals surface area contributed by atoms with Crippen molar-refractivity contribution in [3.63, 3.8) is 0 Å². The molecule has 0 saturated carbocycles. The van der Waals surface area contributed by atoms with Crippen molar-refractivity contribution in [2.75, 3.05) is 6.61 Å². The van der Waals surface area contributed by atoms with Crippen LogP contribution in [0, 0.1) is 12.8 Å². The molecule has 1 unspecified atom stereocenters. The Labute approximate surface area is 116 Å². The van der Waals surface area contributed by atoms with Crippen LogP contribution in [0.2, 0.25) is 0 Å². The van der Waals surface area contributed by atoms with Crippen molar-refractivity contribution >= 4 is 17.2 Å². The van der Waals surface area contributed by atoms with Crippen LogP contribution in [0.25, 0.3) is 0 Å². The fourth-order valence-electron chi connectivity index (χ4n) is 1.57. The molecular formula is C15H23NOS. The van der Waals surface area contributed by atoms with Crippen LogP contribution in [-0.2, 0) is 5.41 Å². The number of ether oxygens (including phenoxy) is 1. The molecule has 1 rings (SSSR count). The smallest absolute Gasteiger partial charge is 0.122 e. The third-order valence-corrected chi connectivity index (χ3v) is 3.42. The van der Waals surface area contributed by atoms with E-state index in [4.69, 9.17) is 22.7 Å². The average Bonchev–Trinajstić information content (AvgIpc) is 2.25. The minimum absolute atomic E-state index is 0.0988. The summed E-state index contributed by atoms with van der Waals surface area (Å²) in [6.07, 6.45) is 0. The Bertz CT molecular complexity index is 435. The standard InChI is InChI=1S/C15H23NOS/c1-10-8-12(15(3,4)5)6-7-13(10)17-9-11(2)14(16)18/h6-8,11H,9H2,1-5H3,(H2,16,18). The first kappa shape index (κ1) is 15.0. The van der Waals surface area contributed by atoms with E-state index in [0.29, 0.717) is 11.6 Å². The second-order valence-corrected chi connectivity index (χ2v) is 6.32. The lowest BCUT2D eigenvalue weighted by molar-refractivity contribution is 0.291. The molecular weight excluding hydrogens is 242 g/mol. The first-order valence-corrected chi connectivity index (χ1v) is 6.66. The van der Waals surface area contributed by atoms with Gasteiger partial charge >= 0.3 is 0 Å². The highest BCUT2D eigenvalue weighted by atomic mass is 32.1. The highest BCUT2D eigenvalue weighted by Gasteiger charge is 2.15. The van der Waals surface area contributed by atoms with Crippen molar-refractivity contribution < 1.29 is 4.74 Å². The van der Waals surface area contributed by atoms with Crippen molar-refractivity contribution in [1.29, 1.82) is 0 Å². The molecule has 0 aliphatic carbocycles. The molecule has 0 bridgehead atoms. The average molecular weight is 265 g/mol. The monoisotopic (exact) mass is 265 g/mol. The van der Waals surface area contributed by atoms with E-state index < -0.39 is 0 Å². The zero-order chi connectivity index (χ0) is 13.9. The molecule has 0 saturated heterocycles. The Morgan fingerprint density at radius 3 is 2.44 bits per heavy atom. The van der Waals surface area contributed by atoms with Gasteiger partial charge in [-0.1, -0.05) is 52.0 Å². The van der Waals surface area contributed by atoms with Gasteiger partial charge in [-0.2, -0.15) is 0 Å². The van der Waals surface area contributed by atoms with Crippen LogP contribution >= 0.6 is 12.2 Å². The molecule has 1 aromatic rings. The summed E-state index contributed by atoms with van der Waals surface area (Å²) in [5, 5.41) is 0. The van der Waals surface area contributed by atoms with Gasteiger partial charge in [-0.05, 0) is 29.5 Å². The maximum atomic E-state index is 5.76. The Morgan fingerprint density at radius 2 is 2.00 bits per heavy atom. The summed E-state index contributed by atoms with van der Waals surface area (Å²) in [7, 11) is 0. The summed E-state index contributed by atoms with van der Waals surface area (Å²) < 4.78 is 5.76. The van der Waals surface area contributed by atoms with E-state index in [1.54, 1.807) is 0 Å². The maximum Gasteiger partial charge on any atom is 0.122 e. The second kappa shape index (κ2) is 5.70. The maximum absolute atomic E-state index is 5.76. The number of hydrogen-bond acceptors (Lipinski definition) is 2. The summed E-state index contributed by atoms with van der Waals surface area (Å²) >= 11 is 4.93. The van der Waals surface area contributed by atoms with E-state index in [1.165, 1.54) is 5.56 Å². The van der Waals surface area contributed by atoms with Gasteiger partial charge in [-0.3, -0.25) is 0 Å². The number of benzene rings is 1. The summed E-state index contributed by atoms with van der Waals surface area (Å²) in [5.41, 5.74) is 8.20. The van der Waals surface area contributed by atoms with Crippen LogP contribution in [0.15, 0.2) is 18.2 Å². The van der Waals surface area contributed by atoms with Crippen molar-refractivity contribution in [2.45, 2.75) is 40.0 Å². The van der Waals surface area contributed by atoms with Gasteiger partial charge in [0.2, 0.25) is 0 Å². The van der Waals surface area contributed by atoms with Crippen molar-refractivity contribution in [3.8, 4) is 5.75 Å². The van der Waals surface area contributed by atoms with Gasteiger partial charge in [0.05, 0.1) is 11.6 Å². The Balaban J connectivity index is 2.78. The molecule has 100 valence electrons. The molecule has 2 N–H and O–H groups in total. The molecule has 0 aliphatic heterocycles. The van der Waals surface area contributed by atoms with Gasteiger partial charge in [-0.25, -0.2) is 0 Å². The minimum atomic E-state index is 0.0988. The third kappa shape index (κ3) is 3.98. The van der Waals surface area contributed by atoms with Gasteiger partial charge in [0.1, 0.15) is 5.75 Å². The summed E-state index contributed by atoms with van der Waals surface area (Å²) in [4.78, 5) is 0.499. The first-order valence-electron chi connectivity index (χ1n) is 6.25. The molecule has 0 amide bonds. The number of hydrogen-bond donors (Lipinski definition) is 1. The third-order valence-electron chi connectivity index (χ3n) is 3.02. The normalized spacial score (nSPS) is 13.2. The zero-order valence-electron chi connectivity index (χ0n) is 11.9. The quantitative estimate of drug-likeness (QED) is 0.845. The van der Waals surface area contributed by atoms with Crippen molar-refractivity contribution in [1.82, 2.24) is 0 Å². The minimum Gasteiger partial charge on any atom is -0.493 e. The van der Waals surface area contributed by atoms with E-state index >= 15 is 0 Å². The van der Waals surface area contributed by atoms with Crippen molar-refractivity contribution in [3.05, 3.63) is 29.3 Å². The highest BCUT2D eigenvalue weighted by molar-refractivity contribution is 7.80. The van der Waals surface area contributed by atoms with E-state index in [0.717, 1.165) is 11.3 Å². The molecule has 18 heavy (non-hydrogen) atoms. The van der Waals surface area contributed by atoms with Gasteiger partial charge in [-0.15, -0.1) is 0 Å². The van der Waals surface area contributed by atoms with Crippen LogP contribution in [0.1, 0.15) is 38.8 Å². The Hall–Kier alpha value is -1.09. The Kier molecular flexibility index (Phi) is 4.74. The second-order valence-electron chi connectivity index (χ2n) is 5.84. The van der Waals surface area contributed by atoms with Crippen LogP contribution < -0.4 is 10.5 Å². The molecule has 0 aromatic heterocycles. The summed E-state index contributed by atoms with van der Waals surface area (Å²) in [5.74, 6) is 1.01. The van der Waals surface area contributed by atoms with Gasteiger partial charge in [0.15, 0.2) is 0 Å². The molecule has 3 heteroatoms. The van der Waals surface area contributed by atoms with Gasteiger partial charge in [0, 0.05) is 5.92 Å². The van der Waals surface area contributed by atoms with E-state index in [2.05, 4.69) is 39.8 Å². The summed E-state index contributed by atoms with van der Waals surface area (Å²) in [6, 6.07) is 6.33. The molecule has 1 aromatic carbocycles. The first-order chi connectivity index (χ1) is 8.21. The predicted molar refractivity (Wildman–Crippen MR) is 81.3 cm³/mol. The molecule has 0 heterocycles. The van der Waals surface area contributed by atoms with Gasteiger partial charge in [0.25, 0.3) is 0 Å². The lowest BCUT2D eigenvalue weighted by Crippen LogP contribution is -2.24. The SMILES string of the molecule is Cc1cc(C(C)(C)C)ccc1OCC(C)C(N)=S. The fraction of sp³-hybridized carbons (Fsp3) is 0.533. The Morgan fingerprint density at radius 1 is 1.39 bits per heavy atom. The van der Waals surface area contributed by atoms with E-state index in [1.807, 2.05) is 13.0 Å². The van der Waals surface area contributed by atoms with E-state index in [-0.39, 0.29) is 11.3 Å². The predicted octanol–water partition coefficient (Wildman–Crippen LogP) is 3.59. The van der Waals surface area contributed by atoms with Crippen LogP contribution in [0.4, 0.5) is 0 Å². The van der Waals surface area contributed by atoms with E-state index in [9.17, 15) is 0 Å². The zero-order valence-corrected chi connectivity index (χ0v) is 12.7. The van der Waals surface area contributed by atoms with Crippen molar-refractivity contribution in [2.24, 2.45) is 11.7 Å². The van der Waals surface area contributed by atoms with Crippen LogP contribution in [-0.4, -0.2) is 11.6 Å². The summed E-state index contributed by atoms with van der Waals surface area (Å²) in [6.45, 7) is 11.2. The van der Waals surface area contributed by atoms with Crippen LogP contribution in [0.3, 0.4) is 0 Å². The molecule has 0 aliphatic rings. The lowest BCUT2D eigenvalue weighted by Gasteiger charge is -2.21. The molecule has 0 fully saturated rings. The van der Waals surface area contributed by atoms with Gasteiger partial charge < -0.3 is 10.5 Å².